The number of anilines is 1. The van der Waals surface area contributed by atoms with Gasteiger partial charge in [-0.05, 0) is 28.7 Å². The summed E-state index contributed by atoms with van der Waals surface area (Å²) in [6.07, 6.45) is -2.69. The van der Waals surface area contributed by atoms with E-state index >= 15 is 0 Å². The van der Waals surface area contributed by atoms with Crippen molar-refractivity contribution in [3.8, 4) is 6.07 Å². The Hall–Kier alpha value is -0.970. The van der Waals surface area contributed by atoms with E-state index in [0.717, 1.165) is 0 Å². The number of hydrogen-bond acceptors (Lipinski definition) is 3. The lowest BCUT2D eigenvalue weighted by Gasteiger charge is -2.06. The molecule has 74 valence electrons. The Morgan fingerprint density at radius 3 is 2.79 bits per heavy atom. The molecule has 0 saturated heterocycles. The van der Waals surface area contributed by atoms with Crippen LogP contribution in [0, 0.1) is 14.9 Å². The zero-order chi connectivity index (χ0) is 10.7. The fourth-order valence-corrected chi connectivity index (χ4v) is 1.58. The summed E-state index contributed by atoms with van der Waals surface area (Å²) in [6.45, 7) is 0. The fourth-order valence-electron chi connectivity index (χ4n) is 0.931. The molecule has 0 aromatic carbocycles. The van der Waals surface area contributed by atoms with Gasteiger partial charge in [0.15, 0.2) is 0 Å². The molecule has 0 bridgehead atoms. The molecule has 0 saturated carbocycles. The van der Waals surface area contributed by atoms with Crippen molar-refractivity contribution in [2.75, 3.05) is 5.73 Å². The van der Waals surface area contributed by atoms with Gasteiger partial charge in [0.1, 0.15) is 5.69 Å². The molecule has 1 heterocycles. The molecule has 1 aromatic rings. The third-order valence-corrected chi connectivity index (χ3v) is 2.50. The second kappa shape index (κ2) is 4.50. The van der Waals surface area contributed by atoms with Gasteiger partial charge in [-0.15, -0.1) is 0 Å². The van der Waals surface area contributed by atoms with Crippen molar-refractivity contribution < 1.29 is 8.78 Å². The summed E-state index contributed by atoms with van der Waals surface area (Å²) in [4.78, 5) is 3.66. The average Bonchev–Trinajstić information content (AvgIpc) is 2.09. The predicted molar refractivity (Wildman–Crippen MR) is 55.6 cm³/mol. The molecule has 0 aliphatic rings. The van der Waals surface area contributed by atoms with E-state index in [-0.39, 0.29) is 12.1 Å². The van der Waals surface area contributed by atoms with Gasteiger partial charge in [0.2, 0.25) is 0 Å². The summed E-state index contributed by atoms with van der Waals surface area (Å²) in [5.41, 5.74) is 5.22. The van der Waals surface area contributed by atoms with E-state index in [1.54, 1.807) is 0 Å². The van der Waals surface area contributed by atoms with Crippen LogP contribution in [0.4, 0.5) is 14.5 Å². The van der Waals surface area contributed by atoms with Crippen LogP contribution in [0.3, 0.4) is 0 Å². The molecule has 1 rings (SSSR count). The maximum atomic E-state index is 12.4. The van der Waals surface area contributed by atoms with Crippen LogP contribution in [-0.2, 0) is 6.42 Å². The van der Waals surface area contributed by atoms with Crippen LogP contribution in [0.25, 0.3) is 0 Å². The smallest absolute Gasteiger partial charge is 0.282 e. The number of nitrogens with two attached hydrogens (primary N) is 1. The van der Waals surface area contributed by atoms with Crippen molar-refractivity contribution in [3.05, 3.63) is 21.0 Å². The lowest BCUT2D eigenvalue weighted by Crippen LogP contribution is -2.04. The molecule has 1 aromatic heterocycles. The molecule has 0 radical (unpaired) electrons. The van der Waals surface area contributed by atoms with Crippen molar-refractivity contribution >= 4 is 28.3 Å². The molecular weight excluding hydrogens is 303 g/mol. The lowest BCUT2D eigenvalue weighted by molar-refractivity contribution is 0.146. The summed E-state index contributed by atoms with van der Waals surface area (Å²) in [6, 6.07) is 3.26. The zero-order valence-electron chi connectivity index (χ0n) is 6.97. The van der Waals surface area contributed by atoms with Crippen LogP contribution in [0.2, 0.25) is 0 Å². The van der Waals surface area contributed by atoms with Crippen LogP contribution in [0.5, 0.6) is 0 Å². The summed E-state index contributed by atoms with van der Waals surface area (Å²) in [5.74, 6) is 0. The average molecular weight is 309 g/mol. The number of alkyl halides is 2. The summed E-state index contributed by atoms with van der Waals surface area (Å²) in [7, 11) is 0. The minimum Gasteiger partial charge on any atom is -0.397 e. The Morgan fingerprint density at radius 2 is 2.29 bits per heavy atom. The Bertz CT molecular complexity index is 387. The van der Waals surface area contributed by atoms with Crippen LogP contribution in [-0.4, -0.2) is 4.98 Å². The SMILES string of the molecule is N#CCc1nc(C(F)F)c(N)cc1I. The lowest BCUT2D eigenvalue weighted by atomic mass is 10.2. The van der Waals surface area contributed by atoms with E-state index in [1.807, 2.05) is 28.7 Å². The first kappa shape index (κ1) is 11.1. The quantitative estimate of drug-likeness (QED) is 0.853. The molecular formula is C8H6F2IN3. The van der Waals surface area contributed by atoms with Crippen LogP contribution in [0.15, 0.2) is 6.07 Å². The first-order chi connectivity index (χ1) is 6.56. The van der Waals surface area contributed by atoms with Crippen molar-refractivity contribution in [2.45, 2.75) is 12.8 Å². The standard InChI is InChI=1S/C8H6F2IN3/c9-8(10)7-5(13)3-4(11)6(14-7)1-2-12/h3,8H,1,13H2. The van der Waals surface area contributed by atoms with Gasteiger partial charge in [0, 0.05) is 3.57 Å². The third kappa shape index (κ3) is 2.29. The van der Waals surface area contributed by atoms with E-state index < -0.39 is 12.1 Å². The number of aromatic nitrogens is 1. The van der Waals surface area contributed by atoms with Gasteiger partial charge < -0.3 is 5.73 Å². The Balaban J connectivity index is 3.21. The molecule has 0 aliphatic carbocycles. The minimum atomic E-state index is -2.70. The topological polar surface area (TPSA) is 62.7 Å². The summed E-state index contributed by atoms with van der Waals surface area (Å²) < 4.78 is 25.3. The molecule has 0 spiro atoms. The Morgan fingerprint density at radius 1 is 1.64 bits per heavy atom. The first-order valence-electron chi connectivity index (χ1n) is 3.66. The van der Waals surface area contributed by atoms with Crippen LogP contribution in [0.1, 0.15) is 17.8 Å². The van der Waals surface area contributed by atoms with Crippen molar-refractivity contribution in [2.24, 2.45) is 0 Å². The van der Waals surface area contributed by atoms with Crippen molar-refractivity contribution in [1.82, 2.24) is 4.98 Å². The number of nitrogen functional groups attached to an aromatic ring is 1. The maximum absolute atomic E-state index is 12.4. The van der Waals surface area contributed by atoms with Gasteiger partial charge in [0.05, 0.1) is 23.9 Å². The van der Waals surface area contributed by atoms with E-state index in [9.17, 15) is 8.78 Å². The Kier molecular flexibility index (Phi) is 3.57. The first-order valence-corrected chi connectivity index (χ1v) is 4.74. The molecule has 0 atom stereocenters. The second-order valence-corrected chi connectivity index (χ2v) is 3.69. The molecule has 0 aliphatic heterocycles. The van der Waals surface area contributed by atoms with Crippen molar-refractivity contribution in [1.29, 1.82) is 5.26 Å². The second-order valence-electron chi connectivity index (χ2n) is 2.53. The highest BCUT2D eigenvalue weighted by Gasteiger charge is 2.15. The number of hydrogen-bond donors (Lipinski definition) is 1. The Labute approximate surface area is 93.1 Å². The number of rotatable bonds is 2. The summed E-state index contributed by atoms with van der Waals surface area (Å²) >= 11 is 1.91. The van der Waals surface area contributed by atoms with Gasteiger partial charge in [-0.2, -0.15) is 5.26 Å². The summed E-state index contributed by atoms with van der Waals surface area (Å²) in [5, 5.41) is 8.43. The third-order valence-electron chi connectivity index (χ3n) is 1.56. The van der Waals surface area contributed by atoms with Gasteiger partial charge in [-0.3, -0.25) is 0 Å². The van der Waals surface area contributed by atoms with E-state index in [4.69, 9.17) is 11.0 Å². The van der Waals surface area contributed by atoms with Gasteiger partial charge >= 0.3 is 0 Å². The molecule has 3 nitrogen and oxygen atoms in total. The molecule has 2 N–H and O–H groups in total. The normalized spacial score (nSPS) is 10.2. The molecule has 14 heavy (non-hydrogen) atoms. The van der Waals surface area contributed by atoms with E-state index in [2.05, 4.69) is 4.98 Å². The van der Waals surface area contributed by atoms with E-state index in [0.29, 0.717) is 9.26 Å². The molecule has 0 unspecified atom stereocenters. The minimum absolute atomic E-state index is 0.0122. The van der Waals surface area contributed by atoms with E-state index in [1.165, 1.54) is 6.07 Å². The maximum Gasteiger partial charge on any atom is 0.282 e. The number of nitrogens with zero attached hydrogens (tertiary/aromatic N) is 2. The highest BCUT2D eigenvalue weighted by molar-refractivity contribution is 14.1. The highest BCUT2D eigenvalue weighted by Crippen LogP contribution is 2.25. The zero-order valence-corrected chi connectivity index (χ0v) is 9.12. The van der Waals surface area contributed by atoms with Gasteiger partial charge in [-0.25, -0.2) is 13.8 Å². The van der Waals surface area contributed by atoms with Gasteiger partial charge in [-0.1, -0.05) is 0 Å². The predicted octanol–water partition coefficient (Wildman–Crippen LogP) is 2.27. The van der Waals surface area contributed by atoms with Crippen molar-refractivity contribution in [3.63, 3.8) is 0 Å². The van der Waals surface area contributed by atoms with Crippen LogP contribution < -0.4 is 5.73 Å². The monoisotopic (exact) mass is 309 g/mol. The number of nitriles is 1. The number of pyridine rings is 1. The largest absolute Gasteiger partial charge is 0.397 e. The molecule has 6 heteroatoms. The molecule has 0 amide bonds. The fraction of sp³-hybridized carbons (Fsp3) is 0.250. The highest BCUT2D eigenvalue weighted by atomic mass is 127. The molecule has 0 fully saturated rings. The van der Waals surface area contributed by atoms with Crippen LogP contribution >= 0.6 is 22.6 Å². The number of halogens is 3. The van der Waals surface area contributed by atoms with Gasteiger partial charge in [0.25, 0.3) is 6.43 Å².